The highest BCUT2D eigenvalue weighted by molar-refractivity contribution is 5.34. The van der Waals surface area contributed by atoms with Crippen molar-refractivity contribution >= 4 is 0 Å². The highest BCUT2D eigenvalue weighted by Gasteiger charge is 2.33. The molecular formula is C15H24N2O. The molecule has 3 nitrogen and oxygen atoms in total. The van der Waals surface area contributed by atoms with Gasteiger partial charge in [-0.2, -0.15) is 0 Å². The first-order valence-corrected chi connectivity index (χ1v) is 6.91. The molecule has 1 aromatic carbocycles. The fourth-order valence-electron chi connectivity index (χ4n) is 2.85. The zero-order valence-corrected chi connectivity index (χ0v) is 11.5. The van der Waals surface area contributed by atoms with Crippen LogP contribution in [0.25, 0.3) is 0 Å². The maximum Gasteiger partial charge on any atom is 0.123 e. The number of rotatable bonds is 4. The Labute approximate surface area is 110 Å². The van der Waals surface area contributed by atoms with Crippen molar-refractivity contribution in [1.82, 2.24) is 4.90 Å². The third kappa shape index (κ3) is 2.38. The molecule has 18 heavy (non-hydrogen) atoms. The van der Waals surface area contributed by atoms with Crippen molar-refractivity contribution in [2.75, 3.05) is 19.7 Å². The van der Waals surface area contributed by atoms with Gasteiger partial charge in [0.1, 0.15) is 12.4 Å². The van der Waals surface area contributed by atoms with Crippen LogP contribution in [0.2, 0.25) is 0 Å². The van der Waals surface area contributed by atoms with E-state index in [1.807, 2.05) is 6.07 Å². The van der Waals surface area contributed by atoms with E-state index >= 15 is 0 Å². The minimum absolute atomic E-state index is 0.112. The minimum atomic E-state index is 0.112. The van der Waals surface area contributed by atoms with Gasteiger partial charge >= 0.3 is 0 Å². The van der Waals surface area contributed by atoms with E-state index in [4.69, 9.17) is 10.5 Å². The molecule has 2 N–H and O–H groups in total. The SMILES string of the molecule is CCC(CC)(CN)N1CCOc2ccccc2C1. The van der Waals surface area contributed by atoms with Crippen LogP contribution in [-0.2, 0) is 6.54 Å². The van der Waals surface area contributed by atoms with Crippen LogP contribution in [0, 0.1) is 0 Å². The third-order valence-corrected chi connectivity index (χ3v) is 4.32. The number of hydrogen-bond donors (Lipinski definition) is 1. The standard InChI is InChI=1S/C15H24N2O/c1-3-15(4-2,12-16)17-9-10-18-14-8-6-5-7-13(14)11-17/h5-8H,3-4,9-12,16H2,1-2H3. The van der Waals surface area contributed by atoms with Crippen molar-refractivity contribution < 1.29 is 4.74 Å². The Morgan fingerprint density at radius 3 is 2.67 bits per heavy atom. The lowest BCUT2D eigenvalue weighted by molar-refractivity contribution is 0.0706. The van der Waals surface area contributed by atoms with Crippen molar-refractivity contribution in [3.05, 3.63) is 29.8 Å². The second kappa shape index (κ2) is 5.72. The molecule has 3 heteroatoms. The monoisotopic (exact) mass is 248 g/mol. The van der Waals surface area contributed by atoms with E-state index in [-0.39, 0.29) is 5.54 Å². The Morgan fingerprint density at radius 2 is 2.00 bits per heavy atom. The molecule has 2 rings (SSSR count). The van der Waals surface area contributed by atoms with Gasteiger partial charge < -0.3 is 10.5 Å². The zero-order valence-electron chi connectivity index (χ0n) is 11.5. The van der Waals surface area contributed by atoms with Crippen LogP contribution in [0.4, 0.5) is 0 Å². The zero-order chi connectivity index (χ0) is 13.0. The molecule has 0 fully saturated rings. The van der Waals surface area contributed by atoms with Crippen LogP contribution >= 0.6 is 0 Å². The fraction of sp³-hybridized carbons (Fsp3) is 0.600. The summed E-state index contributed by atoms with van der Waals surface area (Å²) in [6.45, 7) is 7.81. The number of nitrogens with zero attached hydrogens (tertiary/aromatic N) is 1. The van der Waals surface area contributed by atoms with Crippen LogP contribution in [0.1, 0.15) is 32.3 Å². The molecule has 1 heterocycles. The molecule has 100 valence electrons. The molecule has 1 aliphatic heterocycles. The smallest absolute Gasteiger partial charge is 0.123 e. The van der Waals surface area contributed by atoms with Gasteiger partial charge in [-0.15, -0.1) is 0 Å². The maximum atomic E-state index is 6.05. The molecule has 0 atom stereocenters. The summed E-state index contributed by atoms with van der Waals surface area (Å²) in [7, 11) is 0. The van der Waals surface area contributed by atoms with Crippen molar-refractivity contribution in [2.24, 2.45) is 5.73 Å². The van der Waals surface area contributed by atoms with Gasteiger partial charge in [-0.25, -0.2) is 0 Å². The van der Waals surface area contributed by atoms with Gasteiger partial charge in [0.25, 0.3) is 0 Å². The Kier molecular flexibility index (Phi) is 4.25. The molecule has 0 spiro atoms. The van der Waals surface area contributed by atoms with Crippen LogP contribution in [0.5, 0.6) is 5.75 Å². The maximum absolute atomic E-state index is 6.05. The van der Waals surface area contributed by atoms with Gasteiger partial charge in [0, 0.05) is 30.7 Å². The molecule has 1 aliphatic rings. The van der Waals surface area contributed by atoms with E-state index in [0.717, 1.165) is 38.3 Å². The van der Waals surface area contributed by atoms with Crippen LogP contribution < -0.4 is 10.5 Å². The first kappa shape index (κ1) is 13.4. The highest BCUT2D eigenvalue weighted by atomic mass is 16.5. The fourth-order valence-corrected chi connectivity index (χ4v) is 2.85. The van der Waals surface area contributed by atoms with Gasteiger partial charge in [0.2, 0.25) is 0 Å². The van der Waals surface area contributed by atoms with Crippen LogP contribution in [0.3, 0.4) is 0 Å². The molecule has 0 aliphatic carbocycles. The Hall–Kier alpha value is -1.06. The van der Waals surface area contributed by atoms with Crippen molar-refractivity contribution in [3.63, 3.8) is 0 Å². The number of para-hydroxylation sites is 1. The van der Waals surface area contributed by atoms with Gasteiger partial charge in [-0.3, -0.25) is 4.90 Å². The predicted octanol–water partition coefficient (Wildman–Crippen LogP) is 2.40. The van der Waals surface area contributed by atoms with Gasteiger partial charge in [-0.1, -0.05) is 32.0 Å². The molecule has 0 saturated heterocycles. The van der Waals surface area contributed by atoms with Crippen molar-refractivity contribution in [1.29, 1.82) is 0 Å². The van der Waals surface area contributed by atoms with E-state index < -0.39 is 0 Å². The number of fused-ring (bicyclic) bond motifs is 1. The van der Waals surface area contributed by atoms with Crippen LogP contribution in [-0.4, -0.2) is 30.1 Å². The lowest BCUT2D eigenvalue weighted by Gasteiger charge is -2.41. The van der Waals surface area contributed by atoms with Crippen LogP contribution in [0.15, 0.2) is 24.3 Å². The van der Waals surface area contributed by atoms with Gasteiger partial charge in [0.05, 0.1) is 0 Å². The summed E-state index contributed by atoms with van der Waals surface area (Å²) in [5, 5.41) is 0. The molecule has 0 unspecified atom stereocenters. The first-order valence-electron chi connectivity index (χ1n) is 6.91. The molecule has 0 radical (unpaired) electrons. The quantitative estimate of drug-likeness (QED) is 0.889. The average Bonchev–Trinajstić information content (AvgIpc) is 2.64. The summed E-state index contributed by atoms with van der Waals surface area (Å²) >= 11 is 0. The number of nitrogens with two attached hydrogens (primary N) is 1. The number of ether oxygens (including phenoxy) is 1. The molecule has 0 amide bonds. The van der Waals surface area contributed by atoms with E-state index in [9.17, 15) is 0 Å². The topological polar surface area (TPSA) is 38.5 Å². The molecular weight excluding hydrogens is 224 g/mol. The second-order valence-electron chi connectivity index (χ2n) is 5.01. The molecule has 0 saturated carbocycles. The lowest BCUT2D eigenvalue weighted by atomic mass is 9.90. The summed E-state index contributed by atoms with van der Waals surface area (Å²) < 4.78 is 5.82. The first-order chi connectivity index (χ1) is 8.75. The molecule has 0 aromatic heterocycles. The summed E-state index contributed by atoms with van der Waals surface area (Å²) in [5.41, 5.74) is 7.43. The summed E-state index contributed by atoms with van der Waals surface area (Å²) in [5.74, 6) is 1.03. The van der Waals surface area contributed by atoms with Crippen molar-refractivity contribution in [3.8, 4) is 5.75 Å². The Bertz CT molecular complexity index is 380. The summed E-state index contributed by atoms with van der Waals surface area (Å²) in [4.78, 5) is 2.50. The van der Waals surface area contributed by atoms with Crippen molar-refractivity contribution in [2.45, 2.75) is 38.8 Å². The van der Waals surface area contributed by atoms with E-state index in [0.29, 0.717) is 6.54 Å². The summed E-state index contributed by atoms with van der Waals surface area (Å²) in [6.07, 6.45) is 2.17. The molecule has 1 aromatic rings. The summed E-state index contributed by atoms with van der Waals surface area (Å²) in [6, 6.07) is 8.32. The lowest BCUT2D eigenvalue weighted by Crippen LogP contribution is -2.53. The molecule has 0 bridgehead atoms. The Balaban J connectivity index is 2.26. The van der Waals surface area contributed by atoms with E-state index in [1.54, 1.807) is 0 Å². The Morgan fingerprint density at radius 1 is 1.28 bits per heavy atom. The van der Waals surface area contributed by atoms with Gasteiger partial charge in [0.15, 0.2) is 0 Å². The normalized spacial score (nSPS) is 16.8. The average molecular weight is 248 g/mol. The second-order valence-corrected chi connectivity index (χ2v) is 5.01. The minimum Gasteiger partial charge on any atom is -0.492 e. The number of benzene rings is 1. The third-order valence-electron chi connectivity index (χ3n) is 4.32. The predicted molar refractivity (Wildman–Crippen MR) is 74.7 cm³/mol. The van der Waals surface area contributed by atoms with E-state index in [1.165, 1.54) is 5.56 Å². The number of hydrogen-bond acceptors (Lipinski definition) is 3. The highest BCUT2D eigenvalue weighted by Crippen LogP contribution is 2.30. The van der Waals surface area contributed by atoms with Gasteiger partial charge in [-0.05, 0) is 18.9 Å². The largest absolute Gasteiger partial charge is 0.492 e. The van der Waals surface area contributed by atoms with E-state index in [2.05, 4.69) is 36.9 Å².